The van der Waals surface area contributed by atoms with Crippen molar-refractivity contribution in [2.75, 3.05) is 0 Å². The molecule has 2 aromatic heterocycles. The number of ether oxygens (including phenoxy) is 1. The van der Waals surface area contributed by atoms with E-state index >= 15 is 0 Å². The Labute approximate surface area is 246 Å². The van der Waals surface area contributed by atoms with Gasteiger partial charge in [0, 0.05) is 10.6 Å². The first-order valence-corrected chi connectivity index (χ1v) is 13.5. The van der Waals surface area contributed by atoms with E-state index in [9.17, 15) is 36.2 Å². The number of carbonyl (C=O) groups is 1. The molecular weight excluding hydrogens is 602 g/mol. The van der Waals surface area contributed by atoms with Gasteiger partial charge in [0.05, 0.1) is 30.2 Å². The molecule has 4 aromatic rings. The maximum Gasteiger partial charge on any atom is 0.434 e. The van der Waals surface area contributed by atoms with Gasteiger partial charge in [-0.25, -0.2) is 14.5 Å². The zero-order valence-electron chi connectivity index (χ0n) is 22.2. The van der Waals surface area contributed by atoms with E-state index in [4.69, 9.17) is 16.3 Å². The number of halogens is 7. The highest BCUT2D eigenvalue weighted by molar-refractivity contribution is 6.31. The second-order valence-electron chi connectivity index (χ2n) is 10.1. The van der Waals surface area contributed by atoms with Crippen LogP contribution in [0.3, 0.4) is 0 Å². The summed E-state index contributed by atoms with van der Waals surface area (Å²) in [5.74, 6) is -3.06. The van der Waals surface area contributed by atoms with E-state index in [2.05, 4.69) is 15.1 Å². The van der Waals surface area contributed by atoms with E-state index in [0.717, 1.165) is 17.3 Å². The second kappa shape index (κ2) is 11.9. The van der Waals surface area contributed by atoms with Crippen LogP contribution in [0.5, 0.6) is 5.75 Å². The van der Waals surface area contributed by atoms with E-state index in [1.807, 2.05) is 24.3 Å². The Balaban J connectivity index is 1.34. The van der Waals surface area contributed by atoms with Crippen molar-refractivity contribution >= 4 is 17.6 Å². The Morgan fingerprint density at radius 1 is 0.977 bits per heavy atom. The zero-order valence-corrected chi connectivity index (χ0v) is 22.9. The van der Waals surface area contributed by atoms with Gasteiger partial charge < -0.3 is 9.84 Å². The van der Waals surface area contributed by atoms with Gasteiger partial charge in [0.2, 0.25) is 0 Å². The monoisotopic (exact) mass is 624 g/mol. The van der Waals surface area contributed by atoms with Crippen LogP contribution in [0, 0.1) is 5.92 Å². The van der Waals surface area contributed by atoms with Crippen LogP contribution in [-0.2, 0) is 12.8 Å². The van der Waals surface area contributed by atoms with Gasteiger partial charge in [0.15, 0.2) is 11.5 Å². The molecule has 2 heterocycles. The fraction of sp³-hybridized carbons (Fsp3) is 0.310. The predicted octanol–water partition coefficient (Wildman–Crippen LogP) is 8.11. The number of rotatable bonds is 7. The van der Waals surface area contributed by atoms with Crippen LogP contribution < -0.4 is 4.74 Å². The van der Waals surface area contributed by atoms with E-state index < -0.39 is 35.5 Å². The van der Waals surface area contributed by atoms with Gasteiger partial charge in [-0.1, -0.05) is 35.9 Å². The van der Waals surface area contributed by atoms with Gasteiger partial charge >= 0.3 is 18.3 Å². The molecule has 2 aromatic carbocycles. The average Bonchev–Trinajstić information content (AvgIpc) is 3.43. The Kier molecular flexibility index (Phi) is 8.37. The normalized spacial score (nSPS) is 17.6. The average molecular weight is 625 g/mol. The lowest BCUT2D eigenvalue weighted by Crippen LogP contribution is -2.27. The number of nitrogens with zero attached hydrogens (tertiary/aromatic N) is 4. The van der Waals surface area contributed by atoms with Crippen molar-refractivity contribution in [3.63, 3.8) is 0 Å². The highest BCUT2D eigenvalue weighted by Crippen LogP contribution is 2.43. The fourth-order valence-corrected chi connectivity index (χ4v) is 5.34. The molecule has 1 aliphatic rings. The molecule has 0 spiro atoms. The molecule has 226 valence electrons. The van der Waals surface area contributed by atoms with Crippen LogP contribution in [0.2, 0.25) is 5.02 Å². The van der Waals surface area contributed by atoms with Crippen LogP contribution in [0.1, 0.15) is 58.8 Å². The molecule has 0 saturated heterocycles. The van der Waals surface area contributed by atoms with Gasteiger partial charge in [0.1, 0.15) is 17.9 Å². The van der Waals surface area contributed by atoms with Crippen molar-refractivity contribution in [3.8, 4) is 22.8 Å². The maximum absolute atomic E-state index is 13.7. The minimum Gasteiger partial charge on any atom is -0.488 e. The van der Waals surface area contributed by atoms with Gasteiger partial charge in [-0.2, -0.15) is 31.4 Å². The minimum atomic E-state index is -5.04. The molecule has 43 heavy (non-hydrogen) atoms. The molecule has 0 bridgehead atoms. The van der Waals surface area contributed by atoms with E-state index in [0.29, 0.717) is 40.1 Å². The molecule has 0 unspecified atom stereocenters. The summed E-state index contributed by atoms with van der Waals surface area (Å²) in [6.45, 7) is 0.0994. The molecule has 14 heteroatoms. The first-order chi connectivity index (χ1) is 20.3. The molecule has 1 fully saturated rings. The SMILES string of the molecule is O=C(O)c1cnn(-c2cncc(-c3cc(Cl)ccc3OCc3ccc([C@H]4CC[C@H](C(F)(F)F)CC4)cc3)n2)c1C(F)(F)F. The fourth-order valence-electron chi connectivity index (χ4n) is 5.17. The minimum absolute atomic E-state index is 0.0570. The standard InChI is InChI=1S/C29H23ClF6N4O3/c30-20-9-10-24(43-15-16-1-3-17(4-2-16)18-5-7-19(8-6-18)28(31,32)33)21(11-20)23-13-37-14-25(39-23)40-26(29(34,35)36)22(12-38-40)27(41)42/h1-4,9-14,18-19H,5-8,15H2,(H,41,42)/t18-,19-. The summed E-state index contributed by atoms with van der Waals surface area (Å²) in [4.78, 5) is 19.6. The lowest BCUT2D eigenvalue weighted by molar-refractivity contribution is -0.182. The van der Waals surface area contributed by atoms with Crippen molar-refractivity contribution in [1.29, 1.82) is 0 Å². The third kappa shape index (κ3) is 6.76. The molecule has 0 amide bonds. The number of hydrogen-bond acceptors (Lipinski definition) is 5. The lowest BCUT2D eigenvalue weighted by atomic mass is 9.78. The lowest BCUT2D eigenvalue weighted by Gasteiger charge is -2.30. The highest BCUT2D eigenvalue weighted by atomic mass is 35.5. The molecule has 1 saturated carbocycles. The summed E-state index contributed by atoms with van der Waals surface area (Å²) in [5, 5.41) is 13.1. The Hall–Kier alpha value is -4.13. The molecule has 1 aliphatic carbocycles. The zero-order chi connectivity index (χ0) is 30.9. The first kappa shape index (κ1) is 30.3. The van der Waals surface area contributed by atoms with E-state index in [-0.39, 0.29) is 36.9 Å². The summed E-state index contributed by atoms with van der Waals surface area (Å²) < 4.78 is 86.5. The van der Waals surface area contributed by atoms with Crippen molar-refractivity contribution < 1.29 is 41.0 Å². The summed E-state index contributed by atoms with van der Waals surface area (Å²) >= 11 is 6.19. The largest absolute Gasteiger partial charge is 0.488 e. The molecule has 0 atom stereocenters. The smallest absolute Gasteiger partial charge is 0.434 e. The topological polar surface area (TPSA) is 90.1 Å². The third-order valence-electron chi connectivity index (χ3n) is 7.36. The van der Waals surface area contributed by atoms with Gasteiger partial charge in [-0.3, -0.25) is 4.98 Å². The number of carboxylic acids is 1. The van der Waals surface area contributed by atoms with Gasteiger partial charge in [-0.05, 0) is 60.9 Å². The number of benzene rings is 2. The Morgan fingerprint density at radius 2 is 1.67 bits per heavy atom. The van der Waals surface area contributed by atoms with Crippen LogP contribution in [0.15, 0.2) is 61.1 Å². The summed E-state index contributed by atoms with van der Waals surface area (Å²) in [6, 6.07) is 12.0. The van der Waals surface area contributed by atoms with E-state index in [1.165, 1.54) is 12.3 Å². The van der Waals surface area contributed by atoms with Crippen LogP contribution in [-0.4, -0.2) is 37.0 Å². The maximum atomic E-state index is 13.7. The number of alkyl halides is 6. The molecular formula is C29H23ClF6N4O3. The summed E-state index contributed by atoms with van der Waals surface area (Å²) in [7, 11) is 0. The molecule has 1 N–H and O–H groups in total. The van der Waals surface area contributed by atoms with Crippen LogP contribution in [0.25, 0.3) is 17.1 Å². The second-order valence-corrected chi connectivity index (χ2v) is 10.6. The Bertz CT molecular complexity index is 1610. The van der Waals surface area contributed by atoms with Gasteiger partial charge in [0.25, 0.3) is 0 Å². The molecule has 5 rings (SSSR count). The van der Waals surface area contributed by atoms with E-state index in [1.54, 1.807) is 12.1 Å². The molecule has 0 aliphatic heterocycles. The Morgan fingerprint density at radius 3 is 2.30 bits per heavy atom. The van der Waals surface area contributed by atoms with Crippen molar-refractivity contribution in [2.45, 2.75) is 50.6 Å². The van der Waals surface area contributed by atoms with Crippen LogP contribution >= 0.6 is 11.6 Å². The number of aromatic carboxylic acids is 1. The first-order valence-electron chi connectivity index (χ1n) is 13.1. The highest BCUT2D eigenvalue weighted by Gasteiger charge is 2.42. The summed E-state index contributed by atoms with van der Waals surface area (Å²) in [5.41, 5.74) is -0.385. The molecule has 7 nitrogen and oxygen atoms in total. The third-order valence-corrected chi connectivity index (χ3v) is 7.60. The summed E-state index contributed by atoms with van der Waals surface area (Å²) in [6.07, 6.45) is -5.14. The van der Waals surface area contributed by atoms with Gasteiger partial charge in [-0.15, -0.1) is 0 Å². The number of carboxylic acid groups (broad SMARTS) is 1. The van der Waals surface area contributed by atoms with Crippen molar-refractivity contribution in [2.24, 2.45) is 5.92 Å². The van der Waals surface area contributed by atoms with Crippen molar-refractivity contribution in [1.82, 2.24) is 19.7 Å². The van der Waals surface area contributed by atoms with Crippen molar-refractivity contribution in [3.05, 3.63) is 88.5 Å². The quantitative estimate of drug-likeness (QED) is 0.209. The predicted molar refractivity (Wildman–Crippen MR) is 143 cm³/mol. The van der Waals surface area contributed by atoms with Crippen LogP contribution in [0.4, 0.5) is 26.3 Å². The number of aromatic nitrogens is 4. The number of hydrogen-bond donors (Lipinski definition) is 1. The molecule has 0 radical (unpaired) electrons.